The molecule has 1 heterocycles. The number of benzene rings is 1. The maximum Gasteiger partial charge on any atom is 0.191 e. The smallest absolute Gasteiger partial charge is 0.191 e. The van der Waals surface area contributed by atoms with Crippen molar-refractivity contribution in [1.29, 1.82) is 0 Å². The maximum atomic E-state index is 4.87. The number of hydrogen-bond donors (Lipinski definition) is 2. The summed E-state index contributed by atoms with van der Waals surface area (Å²) in [5, 5.41) is 11.7. The Bertz CT molecular complexity index is 798. The Morgan fingerprint density at radius 1 is 1.12 bits per heavy atom. The molecule has 0 bridgehead atoms. The van der Waals surface area contributed by atoms with Gasteiger partial charge in [0.1, 0.15) is 0 Å². The zero-order valence-corrected chi connectivity index (χ0v) is 23.1. The van der Waals surface area contributed by atoms with Gasteiger partial charge in [0.25, 0.3) is 0 Å². The third kappa shape index (κ3) is 9.10. The highest BCUT2D eigenvalue weighted by molar-refractivity contribution is 14.0. The number of guanidine groups is 1. The molecule has 0 radical (unpaired) electrons. The molecule has 2 rings (SSSR count). The number of halogens is 1. The molecular formula is C25H43IN6. The molecule has 1 atom stereocenters. The lowest BCUT2D eigenvalue weighted by atomic mass is 10.1. The standard InChI is InChI=1S/C25H42N6.HI/c1-7-26-25(28-20(4)14-13-17-30(8-2)9-3)27-18-24-21(5)29-31(22(24)6)19-23-15-11-10-12-16-23;/h10-12,15-16,20H,7-9,13-14,17-19H2,1-6H3,(H2,26,27,28);1H. The van der Waals surface area contributed by atoms with E-state index in [1.165, 1.54) is 23.2 Å². The summed E-state index contributed by atoms with van der Waals surface area (Å²) in [6, 6.07) is 10.9. The van der Waals surface area contributed by atoms with Gasteiger partial charge in [-0.15, -0.1) is 24.0 Å². The van der Waals surface area contributed by atoms with Crippen LogP contribution in [0.5, 0.6) is 0 Å². The third-order valence-electron chi connectivity index (χ3n) is 5.84. The fraction of sp³-hybridized carbons (Fsp3) is 0.600. The summed E-state index contributed by atoms with van der Waals surface area (Å²) < 4.78 is 2.09. The van der Waals surface area contributed by atoms with Crippen LogP contribution in [0.25, 0.3) is 0 Å². The molecular weight excluding hydrogens is 511 g/mol. The van der Waals surface area contributed by atoms with E-state index in [0.717, 1.165) is 50.8 Å². The molecule has 0 aliphatic rings. The van der Waals surface area contributed by atoms with Gasteiger partial charge in [-0.05, 0) is 65.7 Å². The molecule has 32 heavy (non-hydrogen) atoms. The molecule has 180 valence electrons. The zero-order chi connectivity index (χ0) is 22.6. The summed E-state index contributed by atoms with van der Waals surface area (Å²) in [7, 11) is 0. The summed E-state index contributed by atoms with van der Waals surface area (Å²) >= 11 is 0. The summed E-state index contributed by atoms with van der Waals surface area (Å²) in [4.78, 5) is 7.35. The molecule has 0 aliphatic carbocycles. The molecule has 1 unspecified atom stereocenters. The summed E-state index contributed by atoms with van der Waals surface area (Å²) in [5.41, 5.74) is 4.72. The SMILES string of the molecule is CCNC(=NCc1c(C)nn(Cc2ccccc2)c1C)NC(C)CCCN(CC)CC.I. The highest BCUT2D eigenvalue weighted by Gasteiger charge is 2.12. The van der Waals surface area contributed by atoms with Crippen LogP contribution in [0.1, 0.15) is 63.1 Å². The van der Waals surface area contributed by atoms with Gasteiger partial charge in [-0.25, -0.2) is 4.99 Å². The van der Waals surface area contributed by atoms with Crippen molar-refractivity contribution in [2.45, 2.75) is 73.5 Å². The lowest BCUT2D eigenvalue weighted by molar-refractivity contribution is 0.292. The van der Waals surface area contributed by atoms with E-state index < -0.39 is 0 Å². The van der Waals surface area contributed by atoms with Crippen molar-refractivity contribution in [3.8, 4) is 0 Å². The Hall–Kier alpha value is -1.61. The second-order valence-corrected chi connectivity index (χ2v) is 8.20. The third-order valence-corrected chi connectivity index (χ3v) is 5.84. The number of nitrogens with zero attached hydrogens (tertiary/aromatic N) is 4. The molecule has 0 spiro atoms. The van der Waals surface area contributed by atoms with Crippen LogP contribution in [0.3, 0.4) is 0 Å². The molecule has 2 aromatic rings. The molecule has 0 aliphatic heterocycles. The number of rotatable bonds is 12. The molecule has 7 heteroatoms. The number of hydrogen-bond acceptors (Lipinski definition) is 3. The van der Waals surface area contributed by atoms with Crippen molar-refractivity contribution in [3.63, 3.8) is 0 Å². The van der Waals surface area contributed by atoms with Gasteiger partial charge in [0.2, 0.25) is 0 Å². The number of nitrogens with one attached hydrogen (secondary N) is 2. The summed E-state index contributed by atoms with van der Waals surface area (Å²) in [6.07, 6.45) is 2.33. The van der Waals surface area contributed by atoms with E-state index in [-0.39, 0.29) is 24.0 Å². The second kappa shape index (κ2) is 15.3. The Morgan fingerprint density at radius 2 is 1.81 bits per heavy atom. The first kappa shape index (κ1) is 28.4. The fourth-order valence-corrected chi connectivity index (χ4v) is 3.82. The van der Waals surface area contributed by atoms with Crippen LogP contribution < -0.4 is 10.6 Å². The highest BCUT2D eigenvalue weighted by atomic mass is 127. The summed E-state index contributed by atoms with van der Waals surface area (Å²) in [6.45, 7) is 18.7. The number of aromatic nitrogens is 2. The van der Waals surface area contributed by atoms with E-state index in [4.69, 9.17) is 10.1 Å². The van der Waals surface area contributed by atoms with E-state index in [9.17, 15) is 0 Å². The van der Waals surface area contributed by atoms with Crippen molar-refractivity contribution < 1.29 is 0 Å². The van der Waals surface area contributed by atoms with Crippen LogP contribution in [0.15, 0.2) is 35.3 Å². The molecule has 0 saturated heterocycles. The molecule has 0 fully saturated rings. The molecule has 0 saturated carbocycles. The average Bonchev–Trinajstić information content (AvgIpc) is 3.03. The van der Waals surface area contributed by atoms with E-state index in [0.29, 0.717) is 12.6 Å². The average molecular weight is 555 g/mol. The van der Waals surface area contributed by atoms with Gasteiger partial charge < -0.3 is 15.5 Å². The highest BCUT2D eigenvalue weighted by Crippen LogP contribution is 2.16. The van der Waals surface area contributed by atoms with Gasteiger partial charge in [0.05, 0.1) is 18.8 Å². The van der Waals surface area contributed by atoms with Crippen LogP contribution in [0.2, 0.25) is 0 Å². The van der Waals surface area contributed by atoms with Crippen molar-refractivity contribution in [3.05, 3.63) is 52.8 Å². The Morgan fingerprint density at radius 3 is 2.44 bits per heavy atom. The Balaban J connectivity index is 0.00000512. The first-order valence-electron chi connectivity index (χ1n) is 11.8. The van der Waals surface area contributed by atoms with Crippen LogP contribution in [0.4, 0.5) is 0 Å². The van der Waals surface area contributed by atoms with Gasteiger partial charge >= 0.3 is 0 Å². The number of aliphatic imine (C=N–C) groups is 1. The summed E-state index contributed by atoms with van der Waals surface area (Å²) in [5.74, 6) is 0.882. The minimum absolute atomic E-state index is 0. The fourth-order valence-electron chi connectivity index (χ4n) is 3.82. The van der Waals surface area contributed by atoms with Gasteiger partial charge in [-0.1, -0.05) is 44.2 Å². The van der Waals surface area contributed by atoms with Crippen molar-refractivity contribution >= 4 is 29.9 Å². The minimum atomic E-state index is 0. The van der Waals surface area contributed by atoms with E-state index >= 15 is 0 Å². The molecule has 1 aromatic carbocycles. The Kier molecular flexibility index (Phi) is 13.6. The minimum Gasteiger partial charge on any atom is -0.357 e. The predicted molar refractivity (Wildman–Crippen MR) is 147 cm³/mol. The van der Waals surface area contributed by atoms with Gasteiger partial charge in [0.15, 0.2) is 5.96 Å². The topological polar surface area (TPSA) is 57.5 Å². The largest absolute Gasteiger partial charge is 0.357 e. The van der Waals surface area contributed by atoms with Crippen molar-refractivity contribution in [2.24, 2.45) is 4.99 Å². The van der Waals surface area contributed by atoms with Gasteiger partial charge in [-0.2, -0.15) is 5.10 Å². The van der Waals surface area contributed by atoms with Gasteiger partial charge in [0, 0.05) is 23.8 Å². The zero-order valence-electron chi connectivity index (χ0n) is 20.8. The molecule has 2 N–H and O–H groups in total. The van der Waals surface area contributed by atoms with Gasteiger partial charge in [-0.3, -0.25) is 4.68 Å². The van der Waals surface area contributed by atoms with E-state index in [2.05, 4.69) is 86.0 Å². The van der Waals surface area contributed by atoms with Crippen molar-refractivity contribution in [2.75, 3.05) is 26.2 Å². The normalized spacial score (nSPS) is 12.5. The van der Waals surface area contributed by atoms with Crippen molar-refractivity contribution in [1.82, 2.24) is 25.3 Å². The lowest BCUT2D eigenvalue weighted by Crippen LogP contribution is -2.42. The van der Waals surface area contributed by atoms with E-state index in [1.807, 2.05) is 6.07 Å². The molecule has 1 aromatic heterocycles. The number of aryl methyl sites for hydroxylation is 1. The second-order valence-electron chi connectivity index (χ2n) is 8.20. The van der Waals surface area contributed by atoms with Crippen LogP contribution >= 0.6 is 24.0 Å². The molecule has 0 amide bonds. The molecule has 6 nitrogen and oxygen atoms in total. The maximum absolute atomic E-state index is 4.87. The first-order chi connectivity index (χ1) is 15.0. The first-order valence-corrected chi connectivity index (χ1v) is 11.8. The van der Waals surface area contributed by atoms with Crippen LogP contribution in [-0.4, -0.2) is 52.9 Å². The predicted octanol–water partition coefficient (Wildman–Crippen LogP) is 4.73. The Labute approximate surface area is 212 Å². The quantitative estimate of drug-likeness (QED) is 0.226. The lowest BCUT2D eigenvalue weighted by Gasteiger charge is -2.21. The van der Waals surface area contributed by atoms with E-state index in [1.54, 1.807) is 0 Å². The van der Waals surface area contributed by atoms with Crippen LogP contribution in [0, 0.1) is 13.8 Å². The monoisotopic (exact) mass is 554 g/mol. The van der Waals surface area contributed by atoms with Crippen LogP contribution in [-0.2, 0) is 13.1 Å².